The lowest BCUT2D eigenvalue weighted by Crippen LogP contribution is -2.20. The highest BCUT2D eigenvalue weighted by molar-refractivity contribution is 5.97. The van der Waals surface area contributed by atoms with E-state index in [1.807, 2.05) is 4.90 Å². The molecule has 0 unspecified atom stereocenters. The molecule has 1 fully saturated rings. The highest BCUT2D eigenvalue weighted by Crippen LogP contribution is 2.29. The molecule has 0 amide bonds. The number of nitrogens with zero attached hydrogens (tertiary/aromatic N) is 2. The summed E-state index contributed by atoms with van der Waals surface area (Å²) in [4.78, 5) is 27.7. The van der Waals surface area contributed by atoms with Crippen LogP contribution in [0, 0.1) is 0 Å². The minimum atomic E-state index is -1.35. The van der Waals surface area contributed by atoms with Crippen LogP contribution in [-0.4, -0.2) is 45.2 Å². The molecule has 22 heavy (non-hydrogen) atoms. The lowest BCUT2D eigenvalue weighted by molar-refractivity contribution is 0.0695. The molecule has 0 saturated carbocycles. The molecule has 0 aliphatic carbocycles. The third kappa shape index (κ3) is 2.14. The first-order valence-corrected chi connectivity index (χ1v) is 6.57. The van der Waals surface area contributed by atoms with Crippen LogP contribution in [0.25, 0.3) is 10.9 Å². The normalized spacial score (nSPS) is 16.5. The minimum Gasteiger partial charge on any atom is -0.507 e. The van der Waals surface area contributed by atoms with Gasteiger partial charge in [-0.05, 0) is 6.07 Å². The predicted octanol–water partition coefficient (Wildman–Crippen LogP) is 0.972. The largest absolute Gasteiger partial charge is 0.507 e. The Morgan fingerprint density at radius 1 is 1.36 bits per heavy atom. The Morgan fingerprint density at radius 2 is 2.14 bits per heavy atom. The second-order valence-corrected chi connectivity index (χ2v) is 5.06. The van der Waals surface area contributed by atoms with Crippen molar-refractivity contribution in [1.29, 1.82) is 0 Å². The number of anilines is 1. The molecule has 1 aromatic carbocycles. The van der Waals surface area contributed by atoms with Gasteiger partial charge in [0, 0.05) is 30.9 Å². The maximum atomic E-state index is 12.1. The zero-order valence-corrected chi connectivity index (χ0v) is 11.4. The number of carboxylic acid groups (broad SMARTS) is 1. The molecule has 0 bridgehead atoms. The van der Waals surface area contributed by atoms with Crippen LogP contribution in [0.4, 0.5) is 5.69 Å². The van der Waals surface area contributed by atoms with E-state index in [4.69, 9.17) is 10.3 Å². The first kappa shape index (κ1) is 13.9. The number of carboxylic acids is 1. The molecule has 114 valence electrons. The zero-order chi connectivity index (χ0) is 15.9. The second kappa shape index (κ2) is 5.06. The van der Waals surface area contributed by atoms with Gasteiger partial charge in [0.05, 0.1) is 23.2 Å². The van der Waals surface area contributed by atoms with Crippen LogP contribution in [0.3, 0.4) is 0 Å². The van der Waals surface area contributed by atoms with Gasteiger partial charge in [0.2, 0.25) is 5.43 Å². The molecule has 8 heteroatoms. The van der Waals surface area contributed by atoms with Crippen molar-refractivity contribution in [2.24, 2.45) is 5.16 Å². The molecule has 0 spiro atoms. The van der Waals surface area contributed by atoms with Crippen LogP contribution in [0.5, 0.6) is 5.75 Å². The van der Waals surface area contributed by atoms with E-state index in [-0.39, 0.29) is 11.1 Å². The van der Waals surface area contributed by atoms with Gasteiger partial charge in [-0.1, -0.05) is 5.16 Å². The Balaban J connectivity index is 2.13. The molecule has 0 atom stereocenters. The number of carbonyl (C=O) groups is 1. The van der Waals surface area contributed by atoms with E-state index in [1.54, 1.807) is 6.07 Å². The zero-order valence-electron chi connectivity index (χ0n) is 11.4. The van der Waals surface area contributed by atoms with Crippen molar-refractivity contribution < 1.29 is 20.2 Å². The van der Waals surface area contributed by atoms with Crippen molar-refractivity contribution >= 4 is 28.3 Å². The number of phenols is 1. The molecule has 8 nitrogen and oxygen atoms in total. The molecule has 1 aliphatic heterocycles. The number of pyridine rings is 1. The fourth-order valence-corrected chi connectivity index (χ4v) is 2.60. The number of aromatic hydroxyl groups is 1. The molecule has 1 aliphatic rings. The molecular formula is C14H13N3O5. The quantitative estimate of drug-likeness (QED) is 0.484. The third-order valence-electron chi connectivity index (χ3n) is 3.73. The Morgan fingerprint density at radius 3 is 2.77 bits per heavy atom. The van der Waals surface area contributed by atoms with Crippen molar-refractivity contribution in [2.75, 3.05) is 18.0 Å². The highest BCUT2D eigenvalue weighted by Gasteiger charge is 2.21. The van der Waals surface area contributed by atoms with Crippen LogP contribution in [-0.2, 0) is 0 Å². The maximum absolute atomic E-state index is 12.1. The molecule has 0 radical (unpaired) electrons. The number of aromatic amines is 1. The fraction of sp³-hybridized carbons (Fsp3) is 0.214. The molecule has 1 saturated heterocycles. The van der Waals surface area contributed by atoms with Gasteiger partial charge in [-0.2, -0.15) is 0 Å². The van der Waals surface area contributed by atoms with E-state index < -0.39 is 17.0 Å². The fourth-order valence-electron chi connectivity index (χ4n) is 2.60. The molecular weight excluding hydrogens is 290 g/mol. The van der Waals surface area contributed by atoms with Crippen LogP contribution < -0.4 is 10.3 Å². The van der Waals surface area contributed by atoms with E-state index in [2.05, 4.69) is 10.1 Å². The summed E-state index contributed by atoms with van der Waals surface area (Å²) in [5.41, 5.74) is 0.479. The molecule has 1 aromatic heterocycles. The molecule has 2 aromatic rings. The summed E-state index contributed by atoms with van der Waals surface area (Å²) in [5, 5.41) is 31.0. The summed E-state index contributed by atoms with van der Waals surface area (Å²) in [6.45, 7) is 1.06. The van der Waals surface area contributed by atoms with Crippen LogP contribution in [0.15, 0.2) is 28.3 Å². The molecule has 4 N–H and O–H groups in total. The van der Waals surface area contributed by atoms with E-state index >= 15 is 0 Å². The molecule has 3 rings (SSSR count). The number of hydrogen-bond donors (Lipinski definition) is 4. The number of oxime groups is 1. The summed E-state index contributed by atoms with van der Waals surface area (Å²) in [5.74, 6) is -1.64. The van der Waals surface area contributed by atoms with Crippen molar-refractivity contribution in [1.82, 2.24) is 4.98 Å². The number of phenolic OH excluding ortho intramolecular Hbond substituents is 1. The average Bonchev–Trinajstić information content (AvgIpc) is 2.95. The van der Waals surface area contributed by atoms with Gasteiger partial charge in [0.1, 0.15) is 11.3 Å². The summed E-state index contributed by atoms with van der Waals surface area (Å²) in [6.07, 6.45) is 1.73. The van der Waals surface area contributed by atoms with Crippen LogP contribution in [0.1, 0.15) is 16.8 Å². The van der Waals surface area contributed by atoms with Crippen molar-refractivity contribution in [3.8, 4) is 5.75 Å². The van der Waals surface area contributed by atoms with Gasteiger partial charge in [0.25, 0.3) is 0 Å². The monoisotopic (exact) mass is 303 g/mol. The summed E-state index contributed by atoms with van der Waals surface area (Å²) < 4.78 is 0. The number of hydrogen-bond acceptors (Lipinski definition) is 6. The van der Waals surface area contributed by atoms with Crippen LogP contribution >= 0.6 is 0 Å². The van der Waals surface area contributed by atoms with E-state index in [9.17, 15) is 14.7 Å². The first-order chi connectivity index (χ1) is 10.5. The van der Waals surface area contributed by atoms with Crippen molar-refractivity contribution in [3.63, 3.8) is 0 Å². The lowest BCUT2D eigenvalue weighted by atomic mass is 10.1. The number of H-pyrrole nitrogens is 1. The molecule has 2 heterocycles. The smallest absolute Gasteiger partial charge is 0.341 e. The highest BCUT2D eigenvalue weighted by atomic mass is 16.4. The average molecular weight is 303 g/mol. The van der Waals surface area contributed by atoms with E-state index in [0.717, 1.165) is 6.20 Å². The van der Waals surface area contributed by atoms with E-state index in [0.29, 0.717) is 36.4 Å². The van der Waals surface area contributed by atoms with Crippen LogP contribution in [0.2, 0.25) is 0 Å². The predicted molar refractivity (Wildman–Crippen MR) is 79.2 cm³/mol. The maximum Gasteiger partial charge on any atom is 0.341 e. The Kier molecular flexibility index (Phi) is 3.21. The minimum absolute atomic E-state index is 0.0566. The summed E-state index contributed by atoms with van der Waals surface area (Å²) >= 11 is 0. The standard InChI is InChI=1S/C14H13N3O5/c18-11-4-8(17-2-1-7(6-17)16-22)3-10-12(11)13(19)9(5-15-10)14(20)21/h3-5,18,22H,1-2,6H2,(H,15,19)(H,20,21). The number of aromatic carboxylic acids is 1. The van der Waals surface area contributed by atoms with Gasteiger partial charge < -0.3 is 25.3 Å². The number of aromatic nitrogens is 1. The van der Waals surface area contributed by atoms with Gasteiger partial charge in [-0.25, -0.2) is 4.79 Å². The SMILES string of the molecule is O=C(O)c1c[nH]c2cc(N3CCC(=NO)C3)cc(O)c2c1=O. The number of fused-ring (bicyclic) bond motifs is 1. The van der Waals surface area contributed by atoms with Gasteiger partial charge in [0.15, 0.2) is 0 Å². The number of nitrogens with one attached hydrogen (secondary N) is 1. The third-order valence-corrected chi connectivity index (χ3v) is 3.73. The topological polar surface area (TPSA) is 126 Å². The Bertz CT molecular complexity index is 855. The van der Waals surface area contributed by atoms with E-state index in [1.165, 1.54) is 6.07 Å². The Hall–Kier alpha value is -3.03. The first-order valence-electron chi connectivity index (χ1n) is 6.57. The van der Waals surface area contributed by atoms with Gasteiger partial charge in [-0.3, -0.25) is 4.79 Å². The second-order valence-electron chi connectivity index (χ2n) is 5.06. The van der Waals surface area contributed by atoms with Crippen molar-refractivity contribution in [3.05, 3.63) is 34.1 Å². The Labute approximate surface area is 123 Å². The summed E-state index contributed by atoms with van der Waals surface area (Å²) in [7, 11) is 0. The number of rotatable bonds is 2. The van der Waals surface area contributed by atoms with Gasteiger partial charge >= 0.3 is 5.97 Å². The van der Waals surface area contributed by atoms with Crippen molar-refractivity contribution in [2.45, 2.75) is 6.42 Å². The lowest BCUT2D eigenvalue weighted by Gasteiger charge is -2.18. The number of benzene rings is 1. The van der Waals surface area contributed by atoms with Gasteiger partial charge in [-0.15, -0.1) is 0 Å². The summed E-state index contributed by atoms with van der Waals surface area (Å²) in [6, 6.07) is 3.06.